The highest BCUT2D eigenvalue weighted by Crippen LogP contribution is 2.26. The topological polar surface area (TPSA) is 26.3 Å². The van der Waals surface area contributed by atoms with Gasteiger partial charge in [-0.15, -0.1) is 0 Å². The van der Waals surface area contributed by atoms with Gasteiger partial charge in [0, 0.05) is 13.5 Å². The Morgan fingerprint density at radius 3 is 3.00 bits per heavy atom. The van der Waals surface area contributed by atoms with Gasteiger partial charge < -0.3 is 4.74 Å². The second kappa shape index (κ2) is 5.60. The van der Waals surface area contributed by atoms with Crippen LogP contribution in [0, 0.1) is 0 Å². The molecule has 3 heteroatoms. The summed E-state index contributed by atoms with van der Waals surface area (Å²) < 4.78 is 4.87. The summed E-state index contributed by atoms with van der Waals surface area (Å²) >= 11 is 1.82. The first-order valence-corrected chi connectivity index (χ1v) is 5.52. The lowest BCUT2D eigenvalue weighted by Crippen LogP contribution is -2.21. The number of rotatable bonds is 4. The molecule has 0 aromatic carbocycles. The summed E-state index contributed by atoms with van der Waals surface area (Å²) in [6, 6.07) is 0. The number of Topliss-reactive ketones (excluding diaryl/α,β-unsaturated/α-hetero) is 1. The van der Waals surface area contributed by atoms with Gasteiger partial charge in [0.1, 0.15) is 5.78 Å². The van der Waals surface area contributed by atoms with Crippen LogP contribution in [0.2, 0.25) is 0 Å². The first-order chi connectivity index (χ1) is 5.84. The van der Waals surface area contributed by atoms with Crippen molar-refractivity contribution in [1.82, 2.24) is 0 Å². The minimum Gasteiger partial charge on any atom is -0.384 e. The zero-order valence-electron chi connectivity index (χ0n) is 7.54. The number of hydrogen-bond acceptors (Lipinski definition) is 3. The molecule has 1 heterocycles. The van der Waals surface area contributed by atoms with E-state index in [1.165, 1.54) is 12.8 Å². The fourth-order valence-electron chi connectivity index (χ4n) is 1.36. The third-order valence-corrected chi connectivity index (χ3v) is 3.52. The summed E-state index contributed by atoms with van der Waals surface area (Å²) in [5.41, 5.74) is 0. The van der Waals surface area contributed by atoms with Crippen LogP contribution in [0.5, 0.6) is 0 Å². The first-order valence-electron chi connectivity index (χ1n) is 4.48. The molecule has 1 unspecified atom stereocenters. The Balaban J connectivity index is 2.20. The summed E-state index contributed by atoms with van der Waals surface area (Å²) in [6.45, 7) is 0.579. The number of carbonyl (C=O) groups is 1. The molecule has 0 saturated carbocycles. The summed E-state index contributed by atoms with van der Waals surface area (Å²) in [4.78, 5) is 11.5. The molecule has 1 aliphatic rings. The molecule has 70 valence electrons. The van der Waals surface area contributed by atoms with Crippen molar-refractivity contribution in [3.8, 4) is 0 Å². The van der Waals surface area contributed by atoms with E-state index in [9.17, 15) is 4.79 Å². The molecular formula is C9H16O2S. The average Bonchev–Trinajstić information content (AvgIpc) is 2.15. The largest absolute Gasteiger partial charge is 0.384 e. The van der Waals surface area contributed by atoms with Crippen molar-refractivity contribution in [2.45, 2.75) is 30.9 Å². The molecule has 0 radical (unpaired) electrons. The Bertz CT molecular complexity index is 141. The van der Waals surface area contributed by atoms with Gasteiger partial charge in [-0.25, -0.2) is 0 Å². The van der Waals surface area contributed by atoms with E-state index in [-0.39, 0.29) is 5.25 Å². The highest BCUT2D eigenvalue weighted by atomic mass is 32.2. The third-order valence-electron chi connectivity index (χ3n) is 2.09. The molecule has 1 fully saturated rings. The molecule has 0 aromatic rings. The maximum Gasteiger partial charge on any atom is 0.148 e. The third kappa shape index (κ3) is 3.15. The number of ether oxygens (including phenoxy) is 1. The molecule has 0 amide bonds. The summed E-state index contributed by atoms with van der Waals surface area (Å²) in [5, 5.41) is 0.272. The highest BCUT2D eigenvalue weighted by molar-refractivity contribution is 8.00. The molecular weight excluding hydrogens is 172 g/mol. The molecule has 0 aromatic heterocycles. The van der Waals surface area contributed by atoms with Gasteiger partial charge in [0.15, 0.2) is 0 Å². The number of hydrogen-bond donors (Lipinski definition) is 0. The van der Waals surface area contributed by atoms with Gasteiger partial charge in [0.25, 0.3) is 0 Å². The molecule has 0 bridgehead atoms. The lowest BCUT2D eigenvalue weighted by molar-refractivity contribution is -0.119. The van der Waals surface area contributed by atoms with E-state index in [0.717, 1.165) is 12.2 Å². The summed E-state index contributed by atoms with van der Waals surface area (Å²) in [6.07, 6.45) is 4.16. The molecule has 12 heavy (non-hydrogen) atoms. The molecule has 1 saturated heterocycles. The molecule has 1 aliphatic heterocycles. The number of thioether (sulfide) groups is 1. The van der Waals surface area contributed by atoms with E-state index in [0.29, 0.717) is 18.8 Å². The number of carbonyl (C=O) groups excluding carboxylic acids is 1. The zero-order valence-corrected chi connectivity index (χ0v) is 8.36. The van der Waals surface area contributed by atoms with E-state index < -0.39 is 0 Å². The van der Waals surface area contributed by atoms with E-state index >= 15 is 0 Å². The Labute approximate surface area is 78.1 Å². The average molecular weight is 188 g/mol. The Kier molecular flexibility index (Phi) is 4.69. The fourth-order valence-corrected chi connectivity index (χ4v) is 2.65. The van der Waals surface area contributed by atoms with Crippen molar-refractivity contribution in [3.05, 3.63) is 0 Å². The SMILES string of the molecule is COCCC(=O)C1CCCCS1. The van der Waals surface area contributed by atoms with Gasteiger partial charge in [-0.1, -0.05) is 6.42 Å². The quantitative estimate of drug-likeness (QED) is 0.674. The van der Waals surface area contributed by atoms with Crippen molar-refractivity contribution in [2.75, 3.05) is 19.5 Å². The second-order valence-corrected chi connectivity index (χ2v) is 4.37. The predicted octanol–water partition coefficient (Wildman–Crippen LogP) is 1.88. The normalized spacial score (nSPS) is 23.9. The van der Waals surface area contributed by atoms with E-state index in [4.69, 9.17) is 4.74 Å². The molecule has 0 aliphatic carbocycles. The molecule has 0 N–H and O–H groups in total. The van der Waals surface area contributed by atoms with Crippen LogP contribution >= 0.6 is 11.8 Å². The van der Waals surface area contributed by atoms with Crippen LogP contribution in [0.25, 0.3) is 0 Å². The molecule has 1 atom stereocenters. The number of methoxy groups -OCH3 is 1. The van der Waals surface area contributed by atoms with Crippen molar-refractivity contribution >= 4 is 17.5 Å². The van der Waals surface area contributed by atoms with E-state index in [1.54, 1.807) is 7.11 Å². The standard InChI is InChI=1S/C9H16O2S/c1-11-6-5-8(10)9-4-2-3-7-12-9/h9H,2-7H2,1H3. The van der Waals surface area contributed by atoms with Gasteiger partial charge in [0.05, 0.1) is 11.9 Å². The van der Waals surface area contributed by atoms with Crippen LogP contribution < -0.4 is 0 Å². The van der Waals surface area contributed by atoms with Crippen LogP contribution in [0.4, 0.5) is 0 Å². The van der Waals surface area contributed by atoms with Gasteiger partial charge in [-0.2, -0.15) is 11.8 Å². The maximum absolute atomic E-state index is 11.5. The Morgan fingerprint density at radius 1 is 1.58 bits per heavy atom. The molecule has 0 spiro atoms. The van der Waals surface area contributed by atoms with Crippen LogP contribution in [0.1, 0.15) is 25.7 Å². The Morgan fingerprint density at radius 2 is 2.42 bits per heavy atom. The van der Waals surface area contributed by atoms with E-state index in [2.05, 4.69) is 0 Å². The van der Waals surface area contributed by atoms with Crippen molar-refractivity contribution < 1.29 is 9.53 Å². The monoisotopic (exact) mass is 188 g/mol. The van der Waals surface area contributed by atoms with Crippen molar-refractivity contribution in [1.29, 1.82) is 0 Å². The first kappa shape index (κ1) is 10.1. The van der Waals surface area contributed by atoms with E-state index in [1.807, 2.05) is 11.8 Å². The molecule has 1 rings (SSSR count). The predicted molar refractivity (Wildman–Crippen MR) is 51.6 cm³/mol. The lowest BCUT2D eigenvalue weighted by atomic mass is 10.1. The van der Waals surface area contributed by atoms with Gasteiger partial charge in [-0.05, 0) is 18.6 Å². The minimum absolute atomic E-state index is 0.272. The van der Waals surface area contributed by atoms with Gasteiger partial charge in [0.2, 0.25) is 0 Å². The van der Waals surface area contributed by atoms with Crippen LogP contribution in [0.15, 0.2) is 0 Å². The summed E-state index contributed by atoms with van der Waals surface area (Å²) in [7, 11) is 1.64. The van der Waals surface area contributed by atoms with Gasteiger partial charge in [-0.3, -0.25) is 4.79 Å². The summed E-state index contributed by atoms with van der Waals surface area (Å²) in [5.74, 6) is 1.53. The van der Waals surface area contributed by atoms with Crippen LogP contribution in [-0.4, -0.2) is 30.5 Å². The minimum atomic E-state index is 0.272. The fraction of sp³-hybridized carbons (Fsp3) is 0.889. The second-order valence-electron chi connectivity index (χ2n) is 3.06. The zero-order chi connectivity index (χ0) is 8.81. The maximum atomic E-state index is 11.5. The Hall–Kier alpha value is -0.0200. The lowest BCUT2D eigenvalue weighted by Gasteiger charge is -2.19. The highest BCUT2D eigenvalue weighted by Gasteiger charge is 2.20. The van der Waals surface area contributed by atoms with Gasteiger partial charge >= 0.3 is 0 Å². The number of ketones is 1. The van der Waals surface area contributed by atoms with Crippen molar-refractivity contribution in [3.63, 3.8) is 0 Å². The van der Waals surface area contributed by atoms with Crippen LogP contribution in [-0.2, 0) is 9.53 Å². The van der Waals surface area contributed by atoms with Crippen LogP contribution in [0.3, 0.4) is 0 Å². The molecule has 2 nitrogen and oxygen atoms in total. The van der Waals surface area contributed by atoms with Crippen molar-refractivity contribution in [2.24, 2.45) is 0 Å². The smallest absolute Gasteiger partial charge is 0.148 e.